The summed E-state index contributed by atoms with van der Waals surface area (Å²) in [4.78, 5) is 0. The second-order valence-electron chi connectivity index (χ2n) is 4.70. The molecule has 0 fully saturated rings. The van der Waals surface area contributed by atoms with Gasteiger partial charge in [0, 0.05) is 36.6 Å². The van der Waals surface area contributed by atoms with Crippen LogP contribution in [0.25, 0.3) is 0 Å². The van der Waals surface area contributed by atoms with Gasteiger partial charge in [0.15, 0.2) is 0 Å². The van der Waals surface area contributed by atoms with E-state index in [0.29, 0.717) is 13.0 Å². The predicted molar refractivity (Wildman–Crippen MR) is 69.2 cm³/mol. The number of methoxy groups -OCH3 is 1. The van der Waals surface area contributed by atoms with Gasteiger partial charge in [-0.05, 0) is 25.1 Å². The monoisotopic (exact) mass is 300 g/mol. The van der Waals surface area contributed by atoms with Crippen LogP contribution in [-0.4, -0.2) is 24.4 Å². The summed E-state index contributed by atoms with van der Waals surface area (Å²) in [5.41, 5.74) is 0.505. The van der Waals surface area contributed by atoms with E-state index in [1.807, 2.05) is 25.1 Å². The molecule has 0 aliphatic carbocycles. The van der Waals surface area contributed by atoms with Crippen LogP contribution in [-0.2, 0) is 4.74 Å². The van der Waals surface area contributed by atoms with Crippen LogP contribution in [0.15, 0.2) is 22.7 Å². The van der Waals surface area contributed by atoms with E-state index in [1.54, 1.807) is 7.11 Å². The highest BCUT2D eigenvalue weighted by atomic mass is 79.9. The molecule has 94 valence electrons. The molecule has 1 unspecified atom stereocenters. The van der Waals surface area contributed by atoms with Gasteiger partial charge in [0.25, 0.3) is 0 Å². The fourth-order valence-corrected chi connectivity index (χ4v) is 2.55. The van der Waals surface area contributed by atoms with E-state index in [9.17, 15) is 5.11 Å². The van der Waals surface area contributed by atoms with Crippen molar-refractivity contribution >= 4 is 15.9 Å². The summed E-state index contributed by atoms with van der Waals surface area (Å²) in [5.74, 6) is 0.769. The smallest absolute Gasteiger partial charge is 0.126 e. The Bertz CT molecular complexity index is 408. The zero-order chi connectivity index (χ0) is 12.5. The molecule has 0 spiro atoms. The van der Waals surface area contributed by atoms with Crippen LogP contribution in [0.1, 0.15) is 31.4 Å². The minimum absolute atomic E-state index is 0.351. The highest BCUT2D eigenvalue weighted by Crippen LogP contribution is 2.41. The largest absolute Gasteiger partial charge is 0.487 e. The van der Waals surface area contributed by atoms with Gasteiger partial charge in [-0.3, -0.25) is 0 Å². The Morgan fingerprint density at radius 2 is 2.35 bits per heavy atom. The summed E-state index contributed by atoms with van der Waals surface area (Å²) >= 11 is 3.40. The molecule has 0 bridgehead atoms. The van der Waals surface area contributed by atoms with Crippen LogP contribution in [0.3, 0.4) is 0 Å². The molecule has 1 heterocycles. The van der Waals surface area contributed by atoms with Gasteiger partial charge in [-0.2, -0.15) is 0 Å². The van der Waals surface area contributed by atoms with Crippen molar-refractivity contribution in [3.05, 3.63) is 28.2 Å². The molecule has 0 radical (unpaired) electrons. The maximum absolute atomic E-state index is 10.2. The Labute approximate surface area is 110 Å². The van der Waals surface area contributed by atoms with Crippen molar-refractivity contribution in [1.82, 2.24) is 0 Å². The summed E-state index contributed by atoms with van der Waals surface area (Å²) in [6, 6.07) is 5.73. The number of aliphatic hydroxyl groups is 1. The van der Waals surface area contributed by atoms with E-state index in [4.69, 9.17) is 9.47 Å². The van der Waals surface area contributed by atoms with Crippen molar-refractivity contribution in [2.45, 2.75) is 31.5 Å². The number of fused-ring (bicyclic) bond motifs is 1. The minimum Gasteiger partial charge on any atom is -0.487 e. The number of ether oxygens (including phenoxy) is 2. The number of rotatable bonds is 3. The summed E-state index contributed by atoms with van der Waals surface area (Å²) in [6.07, 6.45) is 0.897. The molecule has 17 heavy (non-hydrogen) atoms. The predicted octanol–water partition coefficient (Wildman–Crippen LogP) is 3.06. The molecule has 1 N–H and O–H groups in total. The quantitative estimate of drug-likeness (QED) is 0.932. The van der Waals surface area contributed by atoms with Crippen LogP contribution in [0.2, 0.25) is 0 Å². The standard InChI is InChI=1S/C13H17BrO3/c1-13(5-6-16-2)8-11(15)10-7-9(14)3-4-12(10)17-13/h3-4,7,11,15H,5-6,8H2,1-2H3/t11-,13?/m0/s1. The first-order valence-electron chi connectivity index (χ1n) is 5.69. The van der Waals surface area contributed by atoms with Gasteiger partial charge in [-0.1, -0.05) is 15.9 Å². The molecule has 1 aromatic carbocycles. The van der Waals surface area contributed by atoms with Gasteiger partial charge in [0.1, 0.15) is 11.4 Å². The summed E-state index contributed by atoms with van der Waals surface area (Å²) in [5, 5.41) is 10.2. The zero-order valence-electron chi connectivity index (χ0n) is 10.1. The number of hydrogen-bond acceptors (Lipinski definition) is 3. The van der Waals surface area contributed by atoms with Crippen molar-refractivity contribution in [3.8, 4) is 5.75 Å². The second kappa shape index (κ2) is 4.96. The topological polar surface area (TPSA) is 38.7 Å². The average molecular weight is 301 g/mol. The van der Waals surface area contributed by atoms with Gasteiger partial charge >= 0.3 is 0 Å². The van der Waals surface area contributed by atoms with Crippen LogP contribution >= 0.6 is 15.9 Å². The van der Waals surface area contributed by atoms with Crippen LogP contribution in [0, 0.1) is 0 Å². The molecule has 0 saturated carbocycles. The van der Waals surface area contributed by atoms with Gasteiger partial charge in [0.05, 0.1) is 6.10 Å². The van der Waals surface area contributed by atoms with Crippen LogP contribution in [0.5, 0.6) is 5.75 Å². The van der Waals surface area contributed by atoms with Gasteiger partial charge < -0.3 is 14.6 Å². The van der Waals surface area contributed by atoms with Gasteiger partial charge in [-0.15, -0.1) is 0 Å². The van der Waals surface area contributed by atoms with E-state index in [2.05, 4.69) is 15.9 Å². The molecule has 3 nitrogen and oxygen atoms in total. The molecule has 2 atom stereocenters. The Morgan fingerprint density at radius 1 is 1.59 bits per heavy atom. The maximum Gasteiger partial charge on any atom is 0.126 e. The number of hydrogen-bond donors (Lipinski definition) is 1. The normalized spacial score (nSPS) is 27.4. The average Bonchev–Trinajstić information content (AvgIpc) is 2.28. The minimum atomic E-state index is -0.474. The van der Waals surface area contributed by atoms with E-state index < -0.39 is 6.10 Å². The molecule has 0 amide bonds. The summed E-state index contributed by atoms with van der Waals surface area (Å²) in [6.45, 7) is 2.65. The third-order valence-corrected chi connectivity index (χ3v) is 3.64. The fourth-order valence-electron chi connectivity index (χ4n) is 2.17. The van der Waals surface area contributed by atoms with Gasteiger partial charge in [-0.25, -0.2) is 0 Å². The maximum atomic E-state index is 10.2. The summed E-state index contributed by atoms with van der Waals surface area (Å²) < 4.78 is 12.0. The van der Waals surface area contributed by atoms with E-state index in [-0.39, 0.29) is 5.60 Å². The highest BCUT2D eigenvalue weighted by molar-refractivity contribution is 9.10. The molecule has 2 rings (SSSR count). The molecule has 1 aliphatic rings. The first-order chi connectivity index (χ1) is 8.04. The van der Waals surface area contributed by atoms with Crippen molar-refractivity contribution in [1.29, 1.82) is 0 Å². The third kappa shape index (κ3) is 2.81. The molecule has 0 aromatic heterocycles. The SMILES string of the molecule is COCCC1(C)C[C@H](O)c2cc(Br)ccc2O1. The van der Waals surface area contributed by atoms with Crippen molar-refractivity contribution in [2.75, 3.05) is 13.7 Å². The Balaban J connectivity index is 2.23. The first-order valence-corrected chi connectivity index (χ1v) is 6.49. The van der Waals surface area contributed by atoms with Crippen LogP contribution in [0.4, 0.5) is 0 Å². The molecule has 0 saturated heterocycles. The fraction of sp³-hybridized carbons (Fsp3) is 0.538. The van der Waals surface area contributed by atoms with E-state index in [0.717, 1.165) is 22.2 Å². The lowest BCUT2D eigenvalue weighted by Crippen LogP contribution is -2.39. The molecular weight excluding hydrogens is 284 g/mol. The Hall–Kier alpha value is -0.580. The zero-order valence-corrected chi connectivity index (χ0v) is 11.7. The highest BCUT2D eigenvalue weighted by Gasteiger charge is 2.36. The van der Waals surface area contributed by atoms with E-state index in [1.165, 1.54) is 0 Å². The first kappa shape index (κ1) is 12.9. The molecule has 4 heteroatoms. The van der Waals surface area contributed by atoms with Crippen LogP contribution < -0.4 is 4.74 Å². The second-order valence-corrected chi connectivity index (χ2v) is 5.61. The lowest BCUT2D eigenvalue weighted by molar-refractivity contribution is -0.0202. The lowest BCUT2D eigenvalue weighted by atomic mass is 9.88. The number of halogens is 1. The molecular formula is C13H17BrO3. The van der Waals surface area contributed by atoms with Crippen molar-refractivity contribution in [3.63, 3.8) is 0 Å². The third-order valence-electron chi connectivity index (χ3n) is 3.15. The Kier molecular flexibility index (Phi) is 3.76. The number of benzene rings is 1. The van der Waals surface area contributed by atoms with Crippen molar-refractivity contribution < 1.29 is 14.6 Å². The van der Waals surface area contributed by atoms with Gasteiger partial charge in [0.2, 0.25) is 0 Å². The Morgan fingerprint density at radius 3 is 3.06 bits per heavy atom. The van der Waals surface area contributed by atoms with E-state index >= 15 is 0 Å². The molecule has 1 aromatic rings. The van der Waals surface area contributed by atoms with Crippen molar-refractivity contribution in [2.24, 2.45) is 0 Å². The summed E-state index contributed by atoms with van der Waals surface area (Å²) in [7, 11) is 1.67. The number of aliphatic hydroxyl groups excluding tert-OH is 1. The lowest BCUT2D eigenvalue weighted by Gasteiger charge is -2.38. The molecule has 1 aliphatic heterocycles.